The number of halogens is 1. The Hall–Kier alpha value is -0.930. The maximum atomic E-state index is 13.0. The van der Waals surface area contributed by atoms with Crippen LogP contribution in [0.5, 0.6) is 0 Å². The van der Waals surface area contributed by atoms with Crippen LogP contribution >= 0.6 is 0 Å². The summed E-state index contributed by atoms with van der Waals surface area (Å²) in [4.78, 5) is 0. The minimum atomic E-state index is -0.480. The van der Waals surface area contributed by atoms with Crippen molar-refractivity contribution in [3.8, 4) is 0 Å². The van der Waals surface area contributed by atoms with Crippen molar-refractivity contribution in [2.75, 3.05) is 6.54 Å². The number of nitrogens with two attached hydrogens (primary N) is 1. The maximum Gasteiger partial charge on any atom is 0.123 e. The Bertz CT molecular complexity index is 415. The lowest BCUT2D eigenvalue weighted by Gasteiger charge is -2.46. The van der Waals surface area contributed by atoms with Gasteiger partial charge in [0.25, 0.3) is 0 Å². The number of hydrogen-bond donors (Lipinski definition) is 2. The van der Waals surface area contributed by atoms with Crippen LogP contribution in [0.25, 0.3) is 0 Å². The minimum absolute atomic E-state index is 0.187. The Morgan fingerprint density at radius 3 is 2.72 bits per heavy atom. The van der Waals surface area contributed by atoms with E-state index in [4.69, 9.17) is 0 Å². The second kappa shape index (κ2) is 4.63. The van der Waals surface area contributed by atoms with Gasteiger partial charge in [-0.05, 0) is 25.0 Å². The summed E-state index contributed by atoms with van der Waals surface area (Å²) in [7, 11) is 0. The van der Waals surface area contributed by atoms with Crippen LogP contribution in [-0.2, 0) is 0 Å². The van der Waals surface area contributed by atoms with Crippen molar-refractivity contribution < 1.29 is 14.8 Å². The fourth-order valence-electron chi connectivity index (χ4n) is 3.80. The van der Waals surface area contributed by atoms with E-state index >= 15 is 0 Å². The van der Waals surface area contributed by atoms with Gasteiger partial charge in [-0.1, -0.05) is 25.0 Å². The van der Waals surface area contributed by atoms with Crippen molar-refractivity contribution >= 4 is 0 Å². The van der Waals surface area contributed by atoms with Gasteiger partial charge in [-0.2, -0.15) is 0 Å². The molecule has 1 saturated carbocycles. The summed E-state index contributed by atoms with van der Waals surface area (Å²) in [5, 5.41) is 13.1. The zero-order chi connectivity index (χ0) is 12.6. The first-order valence-corrected chi connectivity index (χ1v) is 7.00. The summed E-state index contributed by atoms with van der Waals surface area (Å²) in [5.41, 5.74) is 0.674. The monoisotopic (exact) mass is 250 g/mol. The molecule has 0 amide bonds. The molecule has 2 nitrogen and oxygen atoms in total. The van der Waals surface area contributed by atoms with Gasteiger partial charge in [0.05, 0.1) is 12.1 Å². The van der Waals surface area contributed by atoms with Crippen LogP contribution in [0.4, 0.5) is 4.39 Å². The second-order valence-corrected chi connectivity index (χ2v) is 5.81. The van der Waals surface area contributed by atoms with Gasteiger partial charge >= 0.3 is 0 Å². The van der Waals surface area contributed by atoms with Gasteiger partial charge < -0.3 is 10.4 Å². The summed E-state index contributed by atoms with van der Waals surface area (Å²) in [6.07, 6.45) is 5.27. The molecule has 3 heteroatoms. The molecule has 3 N–H and O–H groups in total. The van der Waals surface area contributed by atoms with E-state index in [1.165, 1.54) is 18.6 Å². The number of hydrogen-bond acceptors (Lipinski definition) is 1. The van der Waals surface area contributed by atoms with E-state index in [1.54, 1.807) is 0 Å². The van der Waals surface area contributed by atoms with Gasteiger partial charge in [0.2, 0.25) is 0 Å². The molecule has 0 unspecified atom stereocenters. The Balaban J connectivity index is 1.88. The van der Waals surface area contributed by atoms with E-state index in [9.17, 15) is 9.50 Å². The molecule has 1 aromatic rings. The normalized spacial score (nSPS) is 36.1. The Labute approximate surface area is 107 Å². The minimum Gasteiger partial charge on any atom is -0.389 e. The van der Waals surface area contributed by atoms with Crippen molar-refractivity contribution in [3.63, 3.8) is 0 Å². The summed E-state index contributed by atoms with van der Waals surface area (Å²) in [6, 6.07) is 7.09. The van der Waals surface area contributed by atoms with Crippen molar-refractivity contribution in [1.82, 2.24) is 0 Å². The zero-order valence-corrected chi connectivity index (χ0v) is 10.6. The predicted octanol–water partition coefficient (Wildman–Crippen LogP) is 1.76. The van der Waals surface area contributed by atoms with Gasteiger partial charge in [0.15, 0.2) is 0 Å². The average Bonchev–Trinajstić information content (AvgIpc) is 2.38. The SMILES string of the molecule is O[C@]12CCCC[C@@H]1[C@@H](c1ccc(F)cc1)[NH2+]CC2. The number of piperidine rings is 1. The fraction of sp³-hybridized carbons (Fsp3) is 0.600. The molecule has 3 atom stereocenters. The second-order valence-electron chi connectivity index (χ2n) is 5.81. The van der Waals surface area contributed by atoms with E-state index in [0.717, 1.165) is 37.8 Å². The van der Waals surface area contributed by atoms with Crippen LogP contribution in [0.3, 0.4) is 0 Å². The lowest BCUT2D eigenvalue weighted by atomic mass is 9.67. The maximum absolute atomic E-state index is 13.0. The Morgan fingerprint density at radius 2 is 1.94 bits per heavy atom. The van der Waals surface area contributed by atoms with Gasteiger partial charge in [0.1, 0.15) is 11.9 Å². The third kappa shape index (κ3) is 2.06. The Kier molecular flexibility index (Phi) is 3.12. The topological polar surface area (TPSA) is 36.8 Å². The highest BCUT2D eigenvalue weighted by Crippen LogP contribution is 2.43. The van der Waals surface area contributed by atoms with Crippen LogP contribution in [0.1, 0.15) is 43.7 Å². The molecule has 98 valence electrons. The van der Waals surface area contributed by atoms with E-state index in [2.05, 4.69) is 5.32 Å². The first-order valence-electron chi connectivity index (χ1n) is 7.00. The average molecular weight is 250 g/mol. The summed E-state index contributed by atoms with van der Waals surface area (Å²) in [5.74, 6) is 0.138. The highest BCUT2D eigenvalue weighted by Gasteiger charge is 2.48. The van der Waals surface area contributed by atoms with Crippen molar-refractivity contribution in [3.05, 3.63) is 35.6 Å². The van der Waals surface area contributed by atoms with Gasteiger partial charge in [0, 0.05) is 17.9 Å². The molecule has 0 bridgehead atoms. The fourth-order valence-corrected chi connectivity index (χ4v) is 3.80. The van der Waals surface area contributed by atoms with Crippen molar-refractivity contribution in [1.29, 1.82) is 0 Å². The van der Waals surface area contributed by atoms with Crippen molar-refractivity contribution in [2.45, 2.75) is 43.7 Å². The molecule has 0 radical (unpaired) electrons. The summed E-state index contributed by atoms with van der Waals surface area (Å²) in [6.45, 7) is 0.967. The number of aliphatic hydroxyl groups is 1. The highest BCUT2D eigenvalue weighted by molar-refractivity contribution is 5.20. The Morgan fingerprint density at radius 1 is 1.17 bits per heavy atom. The van der Waals surface area contributed by atoms with Crippen LogP contribution in [0.15, 0.2) is 24.3 Å². The molecule has 2 aliphatic rings. The molecule has 18 heavy (non-hydrogen) atoms. The molecular formula is C15H21FNO+. The molecule has 1 aromatic carbocycles. The summed E-state index contributed by atoms with van der Waals surface area (Å²) >= 11 is 0. The highest BCUT2D eigenvalue weighted by atomic mass is 19.1. The lowest BCUT2D eigenvalue weighted by molar-refractivity contribution is -0.719. The molecule has 2 fully saturated rings. The molecule has 1 saturated heterocycles. The van der Waals surface area contributed by atoms with Crippen molar-refractivity contribution in [2.24, 2.45) is 5.92 Å². The van der Waals surface area contributed by atoms with Crippen LogP contribution in [-0.4, -0.2) is 17.3 Å². The van der Waals surface area contributed by atoms with Crippen LogP contribution < -0.4 is 5.32 Å². The first-order chi connectivity index (χ1) is 8.69. The van der Waals surface area contributed by atoms with E-state index in [0.29, 0.717) is 12.0 Å². The summed E-state index contributed by atoms with van der Waals surface area (Å²) < 4.78 is 13.0. The van der Waals surface area contributed by atoms with Gasteiger partial charge in [-0.25, -0.2) is 4.39 Å². The van der Waals surface area contributed by atoms with Crippen LogP contribution in [0.2, 0.25) is 0 Å². The predicted molar refractivity (Wildman–Crippen MR) is 67.5 cm³/mol. The zero-order valence-electron chi connectivity index (χ0n) is 10.6. The molecule has 1 aliphatic carbocycles. The third-order valence-electron chi connectivity index (χ3n) is 4.75. The largest absolute Gasteiger partial charge is 0.389 e. The standard InChI is InChI=1S/C15H20FNO/c16-12-6-4-11(5-7-12)14-13-3-1-2-8-15(13,18)9-10-17-14/h4-7,13-14,17-18H,1-3,8-10H2/p+1/t13-,14-,15+/m1/s1. The molecular weight excluding hydrogens is 229 g/mol. The first kappa shape index (κ1) is 12.1. The molecule has 1 heterocycles. The van der Waals surface area contributed by atoms with Gasteiger partial charge in [-0.3, -0.25) is 0 Å². The number of fused-ring (bicyclic) bond motifs is 1. The quantitative estimate of drug-likeness (QED) is 0.783. The number of benzene rings is 1. The molecule has 3 rings (SSSR count). The molecule has 1 aliphatic heterocycles. The number of rotatable bonds is 1. The van der Waals surface area contributed by atoms with Crippen LogP contribution in [0, 0.1) is 11.7 Å². The molecule has 0 aromatic heterocycles. The van der Waals surface area contributed by atoms with E-state index < -0.39 is 5.60 Å². The van der Waals surface area contributed by atoms with E-state index in [1.807, 2.05) is 12.1 Å². The van der Waals surface area contributed by atoms with Gasteiger partial charge in [-0.15, -0.1) is 0 Å². The lowest BCUT2D eigenvalue weighted by Crippen LogP contribution is -2.91. The molecule has 0 spiro atoms. The number of quaternary nitrogens is 1. The smallest absolute Gasteiger partial charge is 0.123 e. The third-order valence-corrected chi connectivity index (χ3v) is 4.75. The van der Waals surface area contributed by atoms with E-state index in [-0.39, 0.29) is 5.82 Å².